The van der Waals surface area contributed by atoms with Gasteiger partial charge in [-0.15, -0.1) is 5.10 Å². The van der Waals surface area contributed by atoms with E-state index >= 15 is 0 Å². The smallest absolute Gasteiger partial charge is 0.0845 e. The molecule has 0 spiro atoms. The Morgan fingerprint density at radius 2 is 2.24 bits per heavy atom. The number of aryl methyl sites for hydroxylation is 1. The Bertz CT molecular complexity index is 396. The van der Waals surface area contributed by atoms with Crippen LogP contribution in [-0.2, 0) is 13.5 Å². The Kier molecular flexibility index (Phi) is 2.69. The van der Waals surface area contributed by atoms with Gasteiger partial charge in [0.1, 0.15) is 0 Å². The summed E-state index contributed by atoms with van der Waals surface area (Å²) in [7, 11) is 1.91. The highest BCUT2D eigenvalue weighted by atomic mass is 15.4. The molecule has 0 aliphatic heterocycles. The third kappa shape index (κ3) is 2.51. The molecule has 1 heterocycles. The van der Waals surface area contributed by atoms with Crippen LogP contribution in [0.25, 0.3) is 0 Å². The summed E-state index contributed by atoms with van der Waals surface area (Å²) >= 11 is 0. The van der Waals surface area contributed by atoms with Crippen LogP contribution in [0.1, 0.15) is 44.2 Å². The number of rotatable bonds is 3. The minimum atomic E-state index is -0.0262. The van der Waals surface area contributed by atoms with E-state index in [4.69, 9.17) is 5.73 Å². The van der Waals surface area contributed by atoms with Crippen LogP contribution in [0.4, 0.5) is 0 Å². The van der Waals surface area contributed by atoms with E-state index in [2.05, 4.69) is 10.3 Å². The third-order valence-corrected chi connectivity index (χ3v) is 4.39. The number of nitrogens with zero attached hydrogens (tertiary/aromatic N) is 3. The van der Waals surface area contributed by atoms with E-state index in [0.717, 1.165) is 30.4 Å². The summed E-state index contributed by atoms with van der Waals surface area (Å²) in [5.41, 5.74) is 7.60. The molecule has 2 atom stereocenters. The van der Waals surface area contributed by atoms with Gasteiger partial charge in [-0.05, 0) is 37.5 Å². The molecule has 1 aromatic rings. The van der Waals surface area contributed by atoms with Gasteiger partial charge in [0.2, 0.25) is 0 Å². The summed E-state index contributed by atoms with van der Waals surface area (Å²) in [4.78, 5) is 0. The maximum absolute atomic E-state index is 6.58. The molecular weight excluding hydrogens is 212 g/mol. The minimum Gasteiger partial charge on any atom is -0.325 e. The summed E-state index contributed by atoms with van der Waals surface area (Å²) < 4.78 is 1.76. The van der Waals surface area contributed by atoms with Crippen molar-refractivity contribution in [3.8, 4) is 0 Å². The lowest BCUT2D eigenvalue weighted by atomic mass is 9.72. The van der Waals surface area contributed by atoms with Gasteiger partial charge in [-0.25, -0.2) is 0 Å². The van der Waals surface area contributed by atoms with Crippen LogP contribution < -0.4 is 5.73 Å². The molecule has 2 fully saturated rings. The second-order valence-electron chi connectivity index (χ2n) is 6.12. The summed E-state index contributed by atoms with van der Waals surface area (Å²) in [6.45, 7) is 0. The molecule has 0 saturated heterocycles. The maximum atomic E-state index is 6.58. The molecule has 0 aromatic carbocycles. The van der Waals surface area contributed by atoms with Gasteiger partial charge in [0, 0.05) is 25.2 Å². The van der Waals surface area contributed by atoms with Crippen molar-refractivity contribution in [2.75, 3.05) is 0 Å². The minimum absolute atomic E-state index is 0.0262. The van der Waals surface area contributed by atoms with Gasteiger partial charge in [-0.1, -0.05) is 18.1 Å². The summed E-state index contributed by atoms with van der Waals surface area (Å²) in [5, 5.41) is 8.16. The van der Waals surface area contributed by atoms with E-state index in [1.807, 2.05) is 13.2 Å². The van der Waals surface area contributed by atoms with Crippen molar-refractivity contribution in [1.29, 1.82) is 0 Å². The fourth-order valence-electron chi connectivity index (χ4n) is 3.41. The molecule has 4 heteroatoms. The molecule has 4 nitrogen and oxygen atoms in total. The fourth-order valence-corrected chi connectivity index (χ4v) is 3.41. The highest BCUT2D eigenvalue weighted by molar-refractivity contribution is 5.05. The second kappa shape index (κ2) is 4.09. The number of nitrogens with two attached hydrogens (primary N) is 1. The van der Waals surface area contributed by atoms with Crippen LogP contribution in [0.2, 0.25) is 0 Å². The van der Waals surface area contributed by atoms with E-state index in [-0.39, 0.29) is 5.54 Å². The first-order valence-corrected chi connectivity index (χ1v) is 6.79. The molecular formula is C13H22N4. The molecule has 2 aliphatic carbocycles. The molecule has 3 rings (SSSR count). The normalized spacial score (nSPS) is 33.9. The van der Waals surface area contributed by atoms with Gasteiger partial charge in [-0.3, -0.25) is 4.68 Å². The van der Waals surface area contributed by atoms with E-state index in [1.54, 1.807) is 4.68 Å². The SMILES string of the molecule is Cn1cc(CC2(N)CCCC(C3CC3)C2)nn1. The Labute approximate surface area is 103 Å². The average Bonchev–Trinajstić information content (AvgIpc) is 3.04. The summed E-state index contributed by atoms with van der Waals surface area (Å²) in [6, 6.07) is 0. The van der Waals surface area contributed by atoms with Gasteiger partial charge in [0.15, 0.2) is 0 Å². The second-order valence-corrected chi connectivity index (χ2v) is 6.12. The number of aromatic nitrogens is 3. The quantitative estimate of drug-likeness (QED) is 0.865. The largest absolute Gasteiger partial charge is 0.325 e. The first-order valence-electron chi connectivity index (χ1n) is 6.79. The number of hydrogen-bond donors (Lipinski definition) is 1. The Hall–Kier alpha value is -0.900. The number of hydrogen-bond acceptors (Lipinski definition) is 3. The standard InChI is InChI=1S/C13H22N4/c1-17-9-12(15-16-17)8-13(14)6-2-3-11(7-13)10-4-5-10/h9-11H,2-8,14H2,1H3. The van der Waals surface area contributed by atoms with Gasteiger partial charge in [0.25, 0.3) is 0 Å². The van der Waals surface area contributed by atoms with Crippen LogP contribution in [-0.4, -0.2) is 20.5 Å². The van der Waals surface area contributed by atoms with E-state index in [1.165, 1.54) is 32.1 Å². The molecule has 1 aromatic heterocycles. The van der Waals surface area contributed by atoms with E-state index < -0.39 is 0 Å². The lowest BCUT2D eigenvalue weighted by Gasteiger charge is -2.37. The molecule has 0 amide bonds. The predicted octanol–water partition coefficient (Wildman–Crippen LogP) is 1.66. The van der Waals surface area contributed by atoms with E-state index in [9.17, 15) is 0 Å². The van der Waals surface area contributed by atoms with Crippen molar-refractivity contribution in [3.63, 3.8) is 0 Å². The zero-order valence-electron chi connectivity index (χ0n) is 10.6. The van der Waals surface area contributed by atoms with Crippen LogP contribution in [0.3, 0.4) is 0 Å². The van der Waals surface area contributed by atoms with Crippen LogP contribution in [0, 0.1) is 11.8 Å². The van der Waals surface area contributed by atoms with Crippen molar-refractivity contribution in [2.45, 2.75) is 50.5 Å². The zero-order valence-corrected chi connectivity index (χ0v) is 10.6. The van der Waals surface area contributed by atoms with Crippen molar-refractivity contribution in [1.82, 2.24) is 15.0 Å². The lowest BCUT2D eigenvalue weighted by molar-refractivity contribution is 0.203. The van der Waals surface area contributed by atoms with Crippen molar-refractivity contribution >= 4 is 0 Å². The molecule has 17 heavy (non-hydrogen) atoms. The third-order valence-electron chi connectivity index (χ3n) is 4.39. The molecule has 2 saturated carbocycles. The van der Waals surface area contributed by atoms with Gasteiger partial charge in [0.05, 0.1) is 5.69 Å². The average molecular weight is 234 g/mol. The molecule has 2 N–H and O–H groups in total. The molecule has 0 radical (unpaired) electrons. The first kappa shape index (κ1) is 11.2. The Balaban J connectivity index is 1.67. The Morgan fingerprint density at radius 3 is 2.88 bits per heavy atom. The van der Waals surface area contributed by atoms with Crippen LogP contribution in [0.15, 0.2) is 6.20 Å². The highest BCUT2D eigenvalue weighted by Crippen LogP contribution is 2.46. The zero-order chi connectivity index (χ0) is 11.9. The Morgan fingerprint density at radius 1 is 1.41 bits per heavy atom. The van der Waals surface area contributed by atoms with Crippen LogP contribution in [0.5, 0.6) is 0 Å². The molecule has 2 aliphatic rings. The monoisotopic (exact) mass is 234 g/mol. The van der Waals surface area contributed by atoms with E-state index in [0.29, 0.717) is 0 Å². The van der Waals surface area contributed by atoms with Crippen molar-refractivity contribution in [3.05, 3.63) is 11.9 Å². The van der Waals surface area contributed by atoms with Crippen molar-refractivity contribution < 1.29 is 0 Å². The predicted molar refractivity (Wildman–Crippen MR) is 66.3 cm³/mol. The maximum Gasteiger partial charge on any atom is 0.0845 e. The summed E-state index contributed by atoms with van der Waals surface area (Å²) in [6.07, 6.45) is 10.8. The van der Waals surface area contributed by atoms with Crippen LogP contribution >= 0.6 is 0 Å². The first-order chi connectivity index (χ1) is 8.15. The van der Waals surface area contributed by atoms with Gasteiger partial charge < -0.3 is 5.73 Å². The molecule has 0 bridgehead atoms. The molecule has 94 valence electrons. The molecule has 2 unspecified atom stereocenters. The van der Waals surface area contributed by atoms with Crippen molar-refractivity contribution in [2.24, 2.45) is 24.6 Å². The topological polar surface area (TPSA) is 56.7 Å². The lowest BCUT2D eigenvalue weighted by Crippen LogP contribution is -2.46. The summed E-state index contributed by atoms with van der Waals surface area (Å²) in [5.74, 6) is 1.87. The van der Waals surface area contributed by atoms with Gasteiger partial charge >= 0.3 is 0 Å². The highest BCUT2D eigenvalue weighted by Gasteiger charge is 2.40. The fraction of sp³-hybridized carbons (Fsp3) is 0.846. The van der Waals surface area contributed by atoms with Gasteiger partial charge in [-0.2, -0.15) is 0 Å².